The lowest BCUT2D eigenvalue weighted by Gasteiger charge is -2.14. The first-order chi connectivity index (χ1) is 8.56. The van der Waals surface area contributed by atoms with E-state index in [2.05, 4.69) is 15.3 Å². The Hall–Kier alpha value is -1.39. The van der Waals surface area contributed by atoms with Crippen LogP contribution in [0.25, 0.3) is 0 Å². The molecular formula is C12H10Cl2FN3. The topological polar surface area (TPSA) is 37.8 Å². The van der Waals surface area contributed by atoms with Crippen LogP contribution in [0.4, 0.5) is 10.3 Å². The van der Waals surface area contributed by atoms with E-state index in [4.69, 9.17) is 23.2 Å². The van der Waals surface area contributed by atoms with Crippen LogP contribution in [0.2, 0.25) is 10.2 Å². The minimum absolute atomic E-state index is 0.0668. The predicted octanol–water partition coefficient (Wildman–Crippen LogP) is 4.10. The second-order valence-corrected chi connectivity index (χ2v) is 4.52. The highest BCUT2D eigenvalue weighted by atomic mass is 35.5. The zero-order valence-electron chi connectivity index (χ0n) is 9.49. The molecule has 2 rings (SSSR count). The Morgan fingerprint density at radius 1 is 1.22 bits per heavy atom. The number of hydrogen-bond acceptors (Lipinski definition) is 3. The van der Waals surface area contributed by atoms with Crippen LogP contribution >= 0.6 is 23.2 Å². The van der Waals surface area contributed by atoms with Gasteiger partial charge in [-0.3, -0.25) is 0 Å². The molecule has 0 aliphatic heterocycles. The Bertz CT molecular complexity index is 546. The molecule has 3 nitrogen and oxygen atoms in total. The third-order valence-electron chi connectivity index (χ3n) is 2.42. The van der Waals surface area contributed by atoms with Crippen molar-refractivity contribution in [3.05, 3.63) is 52.0 Å². The summed E-state index contributed by atoms with van der Waals surface area (Å²) in [7, 11) is 0. The minimum atomic E-state index is -0.267. The average molecular weight is 286 g/mol. The van der Waals surface area contributed by atoms with Gasteiger partial charge in [-0.1, -0.05) is 35.3 Å². The predicted molar refractivity (Wildman–Crippen MR) is 70.5 cm³/mol. The highest BCUT2D eigenvalue weighted by Crippen LogP contribution is 2.22. The standard InChI is InChI=1S/C12H10Cl2FN3/c1-7(8-2-4-9(15)5-3-8)17-12-16-6-10(13)11(14)18-12/h2-7H,1H3,(H,16,17,18)/t7-/m0/s1. The molecule has 0 saturated carbocycles. The Kier molecular flexibility index (Phi) is 3.99. The van der Waals surface area contributed by atoms with Crippen LogP contribution in [-0.4, -0.2) is 9.97 Å². The minimum Gasteiger partial charge on any atom is -0.348 e. The summed E-state index contributed by atoms with van der Waals surface area (Å²) in [5.74, 6) is 0.109. The van der Waals surface area contributed by atoms with E-state index in [0.717, 1.165) is 5.56 Å². The molecule has 0 aliphatic rings. The van der Waals surface area contributed by atoms with Gasteiger partial charge in [0.2, 0.25) is 5.95 Å². The summed E-state index contributed by atoms with van der Waals surface area (Å²) >= 11 is 11.5. The molecule has 0 spiro atoms. The number of hydrogen-bond donors (Lipinski definition) is 1. The molecule has 2 aromatic rings. The molecule has 0 bridgehead atoms. The second-order valence-electron chi connectivity index (χ2n) is 3.75. The number of benzene rings is 1. The van der Waals surface area contributed by atoms with Crippen molar-refractivity contribution >= 4 is 29.2 Å². The molecule has 1 atom stereocenters. The Morgan fingerprint density at radius 2 is 1.89 bits per heavy atom. The maximum Gasteiger partial charge on any atom is 0.224 e. The second kappa shape index (κ2) is 5.50. The lowest BCUT2D eigenvalue weighted by atomic mass is 10.1. The number of halogens is 3. The lowest BCUT2D eigenvalue weighted by Crippen LogP contribution is -2.09. The van der Waals surface area contributed by atoms with Gasteiger partial charge in [-0.2, -0.15) is 4.98 Å². The van der Waals surface area contributed by atoms with E-state index in [9.17, 15) is 4.39 Å². The summed E-state index contributed by atoms with van der Waals surface area (Å²) in [6.45, 7) is 1.92. The van der Waals surface area contributed by atoms with Crippen LogP contribution in [0.3, 0.4) is 0 Å². The fourth-order valence-corrected chi connectivity index (χ4v) is 1.66. The fourth-order valence-electron chi connectivity index (χ4n) is 1.44. The molecule has 18 heavy (non-hydrogen) atoms. The van der Waals surface area contributed by atoms with E-state index >= 15 is 0 Å². The molecule has 1 N–H and O–H groups in total. The summed E-state index contributed by atoms with van der Waals surface area (Å²) in [5.41, 5.74) is 0.922. The molecule has 0 fully saturated rings. The fraction of sp³-hybridized carbons (Fsp3) is 0.167. The Morgan fingerprint density at radius 3 is 2.50 bits per heavy atom. The van der Waals surface area contributed by atoms with Crippen molar-refractivity contribution in [2.75, 3.05) is 5.32 Å². The van der Waals surface area contributed by atoms with E-state index in [1.807, 2.05) is 6.92 Å². The van der Waals surface area contributed by atoms with Gasteiger partial charge >= 0.3 is 0 Å². The van der Waals surface area contributed by atoms with Crippen LogP contribution in [0.1, 0.15) is 18.5 Å². The Labute approximate surface area is 114 Å². The lowest BCUT2D eigenvalue weighted by molar-refractivity contribution is 0.626. The monoisotopic (exact) mass is 285 g/mol. The molecule has 6 heteroatoms. The first-order valence-corrected chi connectivity index (χ1v) is 6.02. The summed E-state index contributed by atoms with van der Waals surface area (Å²) in [4.78, 5) is 8.00. The van der Waals surface area contributed by atoms with Gasteiger partial charge in [-0.15, -0.1) is 0 Å². The van der Waals surface area contributed by atoms with E-state index in [1.54, 1.807) is 12.1 Å². The van der Waals surface area contributed by atoms with E-state index in [1.165, 1.54) is 18.3 Å². The van der Waals surface area contributed by atoms with E-state index < -0.39 is 0 Å². The van der Waals surface area contributed by atoms with Crippen molar-refractivity contribution in [1.82, 2.24) is 9.97 Å². The zero-order chi connectivity index (χ0) is 13.1. The van der Waals surface area contributed by atoms with Crippen LogP contribution in [0.15, 0.2) is 30.5 Å². The zero-order valence-corrected chi connectivity index (χ0v) is 11.0. The summed E-state index contributed by atoms with van der Waals surface area (Å²) in [6.07, 6.45) is 1.43. The molecule has 94 valence electrons. The first kappa shape index (κ1) is 13.1. The Balaban J connectivity index is 2.13. The average Bonchev–Trinajstić information content (AvgIpc) is 2.34. The largest absolute Gasteiger partial charge is 0.348 e. The SMILES string of the molecule is C[C@H](Nc1ncc(Cl)c(Cl)n1)c1ccc(F)cc1. The maximum absolute atomic E-state index is 12.8. The summed E-state index contributed by atoms with van der Waals surface area (Å²) in [6, 6.07) is 6.14. The molecule has 0 radical (unpaired) electrons. The summed E-state index contributed by atoms with van der Waals surface area (Å²) < 4.78 is 12.8. The number of aromatic nitrogens is 2. The van der Waals surface area contributed by atoms with Gasteiger partial charge in [0.15, 0.2) is 5.15 Å². The van der Waals surface area contributed by atoms with Gasteiger partial charge in [0.25, 0.3) is 0 Å². The van der Waals surface area contributed by atoms with Crippen molar-refractivity contribution in [2.24, 2.45) is 0 Å². The molecule has 1 heterocycles. The van der Waals surface area contributed by atoms with Gasteiger partial charge in [-0.25, -0.2) is 9.37 Å². The normalized spacial score (nSPS) is 12.2. The van der Waals surface area contributed by atoms with Crippen molar-refractivity contribution in [3.8, 4) is 0 Å². The van der Waals surface area contributed by atoms with Crippen LogP contribution < -0.4 is 5.32 Å². The van der Waals surface area contributed by atoms with E-state index in [-0.39, 0.29) is 17.0 Å². The summed E-state index contributed by atoms with van der Waals surface area (Å²) in [5, 5.41) is 3.56. The van der Waals surface area contributed by atoms with Gasteiger partial charge in [0.05, 0.1) is 17.3 Å². The maximum atomic E-state index is 12.8. The number of anilines is 1. The number of nitrogens with one attached hydrogen (secondary N) is 1. The van der Waals surface area contributed by atoms with Gasteiger partial charge in [0, 0.05) is 0 Å². The van der Waals surface area contributed by atoms with E-state index in [0.29, 0.717) is 11.0 Å². The van der Waals surface area contributed by atoms with Crippen LogP contribution in [-0.2, 0) is 0 Å². The number of rotatable bonds is 3. The molecule has 1 aromatic carbocycles. The highest BCUT2D eigenvalue weighted by molar-refractivity contribution is 6.41. The molecule has 0 saturated heterocycles. The van der Waals surface area contributed by atoms with Gasteiger partial charge in [0.1, 0.15) is 5.82 Å². The van der Waals surface area contributed by atoms with Crippen LogP contribution in [0.5, 0.6) is 0 Å². The van der Waals surface area contributed by atoms with Crippen molar-refractivity contribution in [2.45, 2.75) is 13.0 Å². The first-order valence-electron chi connectivity index (χ1n) is 5.26. The highest BCUT2D eigenvalue weighted by Gasteiger charge is 2.08. The third kappa shape index (κ3) is 3.09. The van der Waals surface area contributed by atoms with Crippen molar-refractivity contribution in [1.29, 1.82) is 0 Å². The molecule has 0 aliphatic carbocycles. The molecular weight excluding hydrogens is 276 g/mol. The quantitative estimate of drug-likeness (QED) is 0.863. The molecule has 0 amide bonds. The molecule has 1 aromatic heterocycles. The van der Waals surface area contributed by atoms with Gasteiger partial charge in [-0.05, 0) is 24.6 Å². The number of nitrogens with zero attached hydrogens (tertiary/aromatic N) is 2. The molecule has 0 unspecified atom stereocenters. The van der Waals surface area contributed by atoms with Crippen molar-refractivity contribution < 1.29 is 4.39 Å². The van der Waals surface area contributed by atoms with Crippen molar-refractivity contribution in [3.63, 3.8) is 0 Å². The smallest absolute Gasteiger partial charge is 0.224 e. The van der Waals surface area contributed by atoms with Gasteiger partial charge < -0.3 is 5.32 Å². The third-order valence-corrected chi connectivity index (χ3v) is 3.08. The van der Waals surface area contributed by atoms with Crippen LogP contribution in [0, 0.1) is 5.82 Å².